The molecule has 0 bridgehead atoms. The normalized spacial score (nSPS) is 15.1. The van der Waals surface area contributed by atoms with E-state index in [1.165, 1.54) is 19.1 Å². The molecule has 1 heterocycles. The number of amides is 5. The average molecular weight is 262 g/mol. The third-order valence-electron chi connectivity index (χ3n) is 2.44. The first-order valence-corrected chi connectivity index (χ1v) is 5.52. The van der Waals surface area contributed by atoms with Crippen molar-refractivity contribution in [1.82, 2.24) is 4.90 Å². The molecule has 1 aliphatic rings. The molecule has 1 aromatic rings. The Labute approximate surface area is 108 Å². The summed E-state index contributed by atoms with van der Waals surface area (Å²) in [5.41, 5.74) is 0.220. The van der Waals surface area contributed by atoms with Crippen molar-refractivity contribution < 1.29 is 23.9 Å². The van der Waals surface area contributed by atoms with Crippen LogP contribution in [0.3, 0.4) is 0 Å². The predicted octanol–water partition coefficient (Wildman–Crippen LogP) is 1.14. The topological polar surface area (TPSA) is 84.0 Å². The van der Waals surface area contributed by atoms with Gasteiger partial charge in [-0.3, -0.25) is 9.59 Å². The molecule has 0 aliphatic carbocycles. The number of para-hydroxylation sites is 1. The van der Waals surface area contributed by atoms with E-state index >= 15 is 0 Å². The summed E-state index contributed by atoms with van der Waals surface area (Å²) in [5.74, 6) is -2.29. The maximum absolute atomic E-state index is 12.0. The summed E-state index contributed by atoms with van der Waals surface area (Å²) in [6, 6.07) is 6.84. The van der Waals surface area contributed by atoms with E-state index in [1.54, 1.807) is 18.2 Å². The van der Waals surface area contributed by atoms with Crippen molar-refractivity contribution >= 4 is 29.6 Å². The minimum Gasteiger partial charge on any atom is -0.449 e. The van der Waals surface area contributed by atoms with Crippen molar-refractivity contribution in [1.29, 1.82) is 0 Å². The van der Waals surface area contributed by atoms with E-state index in [0.717, 1.165) is 0 Å². The van der Waals surface area contributed by atoms with Crippen molar-refractivity contribution in [2.45, 2.75) is 6.92 Å². The lowest BCUT2D eigenvalue weighted by molar-refractivity contribution is -0.138. The Kier molecular flexibility index (Phi) is 3.28. The molecule has 1 fully saturated rings. The number of ether oxygens (including phenoxy) is 1. The second kappa shape index (κ2) is 4.89. The smallest absolute Gasteiger partial charge is 0.425 e. The van der Waals surface area contributed by atoms with Crippen LogP contribution in [0.25, 0.3) is 0 Å². The third-order valence-corrected chi connectivity index (χ3v) is 2.44. The summed E-state index contributed by atoms with van der Waals surface area (Å²) in [6.45, 7) is 1.52. The maximum atomic E-state index is 12.0. The number of rotatable bonds is 2. The molecule has 0 radical (unpaired) electrons. The van der Waals surface area contributed by atoms with Crippen LogP contribution in [0.15, 0.2) is 30.3 Å². The Bertz CT molecular complexity index is 554. The van der Waals surface area contributed by atoms with Crippen molar-refractivity contribution in [3.8, 4) is 0 Å². The molecule has 0 atom stereocenters. The van der Waals surface area contributed by atoms with Crippen LogP contribution in [0, 0.1) is 0 Å². The van der Waals surface area contributed by atoms with Gasteiger partial charge in [0.2, 0.25) is 0 Å². The number of carbonyl (C=O) groups is 4. The largest absolute Gasteiger partial charge is 0.449 e. The van der Waals surface area contributed by atoms with E-state index in [-0.39, 0.29) is 17.2 Å². The molecule has 98 valence electrons. The van der Waals surface area contributed by atoms with E-state index in [9.17, 15) is 19.2 Å². The molecule has 7 nitrogen and oxygen atoms in total. The van der Waals surface area contributed by atoms with Gasteiger partial charge in [-0.2, -0.15) is 4.90 Å². The molecule has 1 aromatic carbocycles. The standard InChI is InChI=1S/C12H10N2O5/c1-2-19-12(18)14-10(16)9(15)13(11(14)17)8-6-4-3-5-7-8/h3-7H,2H2,1H3. The Hall–Kier alpha value is -2.70. The highest BCUT2D eigenvalue weighted by Gasteiger charge is 2.49. The van der Waals surface area contributed by atoms with Gasteiger partial charge in [0.1, 0.15) is 0 Å². The molecule has 0 spiro atoms. The van der Waals surface area contributed by atoms with Gasteiger partial charge in [-0.05, 0) is 19.1 Å². The van der Waals surface area contributed by atoms with E-state index in [4.69, 9.17) is 0 Å². The van der Waals surface area contributed by atoms with E-state index in [0.29, 0.717) is 4.90 Å². The summed E-state index contributed by atoms with van der Waals surface area (Å²) in [7, 11) is 0. The number of hydrogen-bond acceptors (Lipinski definition) is 5. The number of imide groups is 4. The first-order chi connectivity index (χ1) is 9.07. The molecule has 0 unspecified atom stereocenters. The molecule has 19 heavy (non-hydrogen) atoms. The highest BCUT2D eigenvalue weighted by Crippen LogP contribution is 2.22. The number of anilines is 1. The summed E-state index contributed by atoms with van der Waals surface area (Å²) in [5, 5.41) is 0. The van der Waals surface area contributed by atoms with Gasteiger partial charge in [0.25, 0.3) is 0 Å². The van der Waals surface area contributed by atoms with Gasteiger partial charge in [0.15, 0.2) is 0 Å². The summed E-state index contributed by atoms with van der Waals surface area (Å²) in [6.07, 6.45) is -1.15. The predicted molar refractivity (Wildman–Crippen MR) is 63.2 cm³/mol. The zero-order chi connectivity index (χ0) is 14.0. The third kappa shape index (κ3) is 2.05. The van der Waals surface area contributed by atoms with Crippen LogP contribution >= 0.6 is 0 Å². The van der Waals surface area contributed by atoms with Gasteiger partial charge in [-0.1, -0.05) is 18.2 Å². The van der Waals surface area contributed by atoms with Gasteiger partial charge in [-0.25, -0.2) is 14.5 Å². The minimum absolute atomic E-state index is 0.00454. The summed E-state index contributed by atoms with van der Waals surface area (Å²) < 4.78 is 4.57. The highest BCUT2D eigenvalue weighted by atomic mass is 16.6. The maximum Gasteiger partial charge on any atom is 0.425 e. The molecule has 5 amide bonds. The molecular weight excluding hydrogens is 252 g/mol. The van der Waals surface area contributed by atoms with Crippen molar-refractivity contribution in [3.63, 3.8) is 0 Å². The van der Waals surface area contributed by atoms with Crippen LogP contribution in [-0.4, -0.2) is 35.4 Å². The molecule has 0 N–H and O–H groups in total. The van der Waals surface area contributed by atoms with Gasteiger partial charge >= 0.3 is 23.9 Å². The van der Waals surface area contributed by atoms with Gasteiger partial charge in [0, 0.05) is 0 Å². The highest BCUT2D eigenvalue weighted by molar-refractivity contribution is 6.55. The van der Waals surface area contributed by atoms with Crippen molar-refractivity contribution in [3.05, 3.63) is 30.3 Å². The fourth-order valence-electron chi connectivity index (χ4n) is 1.62. The Morgan fingerprint density at radius 2 is 1.74 bits per heavy atom. The quantitative estimate of drug-likeness (QED) is 0.589. The second-order valence-corrected chi connectivity index (χ2v) is 3.60. The van der Waals surface area contributed by atoms with Gasteiger partial charge in [0.05, 0.1) is 12.3 Å². The second-order valence-electron chi connectivity index (χ2n) is 3.60. The van der Waals surface area contributed by atoms with Crippen LogP contribution in [0.4, 0.5) is 15.3 Å². The van der Waals surface area contributed by atoms with E-state index in [1.807, 2.05) is 0 Å². The molecule has 1 saturated heterocycles. The van der Waals surface area contributed by atoms with Crippen LogP contribution in [0.1, 0.15) is 6.92 Å². The van der Waals surface area contributed by atoms with Crippen LogP contribution in [0.2, 0.25) is 0 Å². The van der Waals surface area contributed by atoms with E-state index < -0.39 is 23.9 Å². The monoisotopic (exact) mass is 262 g/mol. The van der Waals surface area contributed by atoms with Crippen LogP contribution in [-0.2, 0) is 14.3 Å². The summed E-state index contributed by atoms with van der Waals surface area (Å²) >= 11 is 0. The summed E-state index contributed by atoms with van der Waals surface area (Å²) in [4.78, 5) is 47.6. The number of carbonyl (C=O) groups excluding carboxylic acids is 4. The molecule has 0 saturated carbocycles. The SMILES string of the molecule is CCOC(=O)N1C(=O)C(=O)N(c2ccccc2)C1=O. The van der Waals surface area contributed by atoms with Gasteiger partial charge in [-0.15, -0.1) is 0 Å². The number of hydrogen-bond donors (Lipinski definition) is 0. The molecular formula is C12H10N2O5. The lowest BCUT2D eigenvalue weighted by atomic mass is 10.3. The number of urea groups is 1. The zero-order valence-electron chi connectivity index (χ0n) is 10.0. The molecule has 7 heteroatoms. The Morgan fingerprint density at radius 1 is 1.11 bits per heavy atom. The fraction of sp³-hybridized carbons (Fsp3) is 0.167. The Morgan fingerprint density at radius 3 is 2.32 bits per heavy atom. The first-order valence-electron chi connectivity index (χ1n) is 5.52. The van der Waals surface area contributed by atoms with Crippen molar-refractivity contribution in [2.24, 2.45) is 0 Å². The fourth-order valence-corrected chi connectivity index (χ4v) is 1.62. The van der Waals surface area contributed by atoms with Crippen LogP contribution < -0.4 is 4.90 Å². The van der Waals surface area contributed by atoms with Crippen molar-refractivity contribution in [2.75, 3.05) is 11.5 Å². The van der Waals surface area contributed by atoms with E-state index in [2.05, 4.69) is 4.74 Å². The van der Waals surface area contributed by atoms with Gasteiger partial charge < -0.3 is 4.74 Å². The Balaban J connectivity index is 2.35. The zero-order valence-corrected chi connectivity index (χ0v) is 10.0. The number of nitrogens with zero attached hydrogens (tertiary/aromatic N) is 2. The minimum atomic E-state index is -1.22. The molecule has 2 rings (SSSR count). The lowest BCUT2D eigenvalue weighted by Gasteiger charge is -2.13. The number of benzene rings is 1. The molecule has 1 aliphatic heterocycles. The average Bonchev–Trinajstić information content (AvgIpc) is 2.62. The van der Waals surface area contributed by atoms with Crippen LogP contribution in [0.5, 0.6) is 0 Å². The lowest BCUT2D eigenvalue weighted by Crippen LogP contribution is -2.38. The first kappa shape index (κ1) is 12.7. The molecule has 0 aromatic heterocycles.